The molecule has 0 radical (unpaired) electrons. The van der Waals surface area contributed by atoms with Crippen LogP contribution in [-0.4, -0.2) is 39.0 Å². The van der Waals surface area contributed by atoms with E-state index in [4.69, 9.17) is 17.3 Å². The molecule has 3 aromatic rings. The Labute approximate surface area is 204 Å². The number of amides is 1. The Morgan fingerprint density at radius 1 is 1.18 bits per heavy atom. The van der Waals surface area contributed by atoms with E-state index in [1.54, 1.807) is 18.5 Å². The van der Waals surface area contributed by atoms with Crippen molar-refractivity contribution in [2.75, 3.05) is 13.1 Å². The SMILES string of the molecule is C[C@H](c1ccc(Cl)cc1F)n1cnc2ccc(C3=CCN(C(=O)C4(N)CCCCC4)CC3)cc21. The van der Waals surface area contributed by atoms with Gasteiger partial charge in [-0.2, -0.15) is 0 Å². The lowest BCUT2D eigenvalue weighted by molar-refractivity contribution is -0.137. The zero-order valence-electron chi connectivity index (χ0n) is 19.4. The van der Waals surface area contributed by atoms with Gasteiger partial charge < -0.3 is 15.2 Å². The van der Waals surface area contributed by atoms with Crippen LogP contribution in [0, 0.1) is 5.82 Å². The van der Waals surface area contributed by atoms with Gasteiger partial charge in [0, 0.05) is 23.7 Å². The lowest BCUT2D eigenvalue weighted by atomic mass is 9.81. The minimum Gasteiger partial charge on any atom is -0.337 e. The highest BCUT2D eigenvalue weighted by Crippen LogP contribution is 2.32. The van der Waals surface area contributed by atoms with Gasteiger partial charge in [0.1, 0.15) is 5.82 Å². The van der Waals surface area contributed by atoms with Crippen LogP contribution in [0.2, 0.25) is 5.02 Å². The first-order valence-electron chi connectivity index (χ1n) is 12.0. The molecule has 5 nitrogen and oxygen atoms in total. The number of fused-ring (bicyclic) bond motifs is 1. The predicted molar refractivity (Wildman–Crippen MR) is 134 cm³/mol. The zero-order valence-corrected chi connectivity index (χ0v) is 20.2. The van der Waals surface area contributed by atoms with E-state index in [1.165, 1.54) is 18.1 Å². The van der Waals surface area contributed by atoms with Gasteiger partial charge in [-0.25, -0.2) is 9.37 Å². The summed E-state index contributed by atoms with van der Waals surface area (Å²) in [6, 6.07) is 10.7. The van der Waals surface area contributed by atoms with E-state index >= 15 is 0 Å². The van der Waals surface area contributed by atoms with Crippen LogP contribution in [0.25, 0.3) is 16.6 Å². The molecule has 0 bridgehead atoms. The van der Waals surface area contributed by atoms with Crippen LogP contribution >= 0.6 is 11.6 Å². The molecule has 34 heavy (non-hydrogen) atoms. The van der Waals surface area contributed by atoms with Gasteiger partial charge >= 0.3 is 0 Å². The smallest absolute Gasteiger partial charge is 0.242 e. The average Bonchev–Trinajstić information content (AvgIpc) is 3.27. The summed E-state index contributed by atoms with van der Waals surface area (Å²) in [4.78, 5) is 19.5. The topological polar surface area (TPSA) is 64.2 Å². The zero-order chi connectivity index (χ0) is 23.9. The maximum atomic E-state index is 14.6. The number of nitrogens with zero attached hydrogens (tertiary/aromatic N) is 3. The van der Waals surface area contributed by atoms with Gasteiger partial charge in [0.2, 0.25) is 5.91 Å². The van der Waals surface area contributed by atoms with E-state index in [2.05, 4.69) is 23.2 Å². The van der Waals surface area contributed by atoms with Crippen molar-refractivity contribution in [2.24, 2.45) is 5.73 Å². The molecular formula is C27H30ClFN4O. The van der Waals surface area contributed by atoms with Crippen LogP contribution in [0.15, 0.2) is 48.8 Å². The molecule has 1 saturated carbocycles. The fraction of sp³-hybridized carbons (Fsp3) is 0.407. The van der Waals surface area contributed by atoms with Gasteiger partial charge in [-0.15, -0.1) is 0 Å². The number of hydrogen-bond acceptors (Lipinski definition) is 3. The third-order valence-corrected chi connectivity index (χ3v) is 7.68. The summed E-state index contributed by atoms with van der Waals surface area (Å²) in [6.45, 7) is 3.21. The lowest BCUT2D eigenvalue weighted by Gasteiger charge is -2.38. The van der Waals surface area contributed by atoms with Crippen LogP contribution < -0.4 is 5.73 Å². The molecule has 0 saturated heterocycles. The lowest BCUT2D eigenvalue weighted by Crippen LogP contribution is -2.56. The molecule has 1 atom stereocenters. The maximum Gasteiger partial charge on any atom is 0.242 e. The summed E-state index contributed by atoms with van der Waals surface area (Å²) < 4.78 is 16.5. The second-order valence-electron chi connectivity index (χ2n) is 9.64. The van der Waals surface area contributed by atoms with Crippen LogP contribution in [0.1, 0.15) is 62.6 Å². The van der Waals surface area contributed by atoms with Crippen molar-refractivity contribution in [1.82, 2.24) is 14.5 Å². The Kier molecular flexibility index (Phi) is 6.21. The van der Waals surface area contributed by atoms with Crippen LogP contribution in [0.3, 0.4) is 0 Å². The predicted octanol–water partition coefficient (Wildman–Crippen LogP) is 5.72. The molecule has 1 amide bonds. The van der Waals surface area contributed by atoms with Gasteiger partial charge in [-0.05, 0) is 61.6 Å². The Morgan fingerprint density at radius 3 is 2.68 bits per heavy atom. The number of imidazole rings is 1. The molecule has 1 aromatic heterocycles. The molecule has 5 rings (SSSR count). The van der Waals surface area contributed by atoms with Gasteiger partial charge in [0.15, 0.2) is 0 Å². The molecule has 7 heteroatoms. The summed E-state index contributed by atoms with van der Waals surface area (Å²) in [5.41, 5.74) is 10.5. The quantitative estimate of drug-likeness (QED) is 0.519. The molecule has 2 aromatic carbocycles. The second kappa shape index (κ2) is 9.16. The fourth-order valence-electron chi connectivity index (χ4n) is 5.35. The van der Waals surface area contributed by atoms with Gasteiger partial charge in [0.05, 0.1) is 28.9 Å². The number of benzene rings is 2. The van der Waals surface area contributed by atoms with E-state index < -0.39 is 5.54 Å². The maximum absolute atomic E-state index is 14.6. The standard InChI is InChI=1S/C27H30ClFN4O/c1-18(22-7-6-21(28)16-23(22)29)33-17-31-24-8-5-20(15-25(24)33)19-9-13-32(14-10-19)26(34)27(30)11-3-2-4-12-27/h5-9,15-18H,2-4,10-14,30H2,1H3/t18-/m1/s1. The Bertz CT molecular complexity index is 1260. The van der Waals surface area contributed by atoms with Gasteiger partial charge in [-0.3, -0.25) is 4.79 Å². The van der Waals surface area contributed by atoms with Crippen molar-refractivity contribution < 1.29 is 9.18 Å². The third kappa shape index (κ3) is 4.25. The molecule has 1 fully saturated rings. The van der Waals surface area contributed by atoms with Gasteiger partial charge in [0.25, 0.3) is 0 Å². The first-order valence-corrected chi connectivity index (χ1v) is 12.4. The summed E-state index contributed by atoms with van der Waals surface area (Å²) in [7, 11) is 0. The van der Waals surface area contributed by atoms with Crippen molar-refractivity contribution in [2.45, 2.75) is 57.0 Å². The molecule has 2 heterocycles. The number of hydrogen-bond donors (Lipinski definition) is 1. The number of carbonyl (C=O) groups is 1. The molecule has 1 aliphatic carbocycles. The molecule has 0 spiro atoms. The molecule has 1 aliphatic heterocycles. The van der Waals surface area contributed by atoms with Crippen LogP contribution in [0.5, 0.6) is 0 Å². The first-order chi connectivity index (χ1) is 16.4. The minimum absolute atomic E-state index is 0.0924. The normalized spacial score (nSPS) is 19.2. The highest BCUT2D eigenvalue weighted by molar-refractivity contribution is 6.30. The Morgan fingerprint density at radius 2 is 1.97 bits per heavy atom. The summed E-state index contributed by atoms with van der Waals surface area (Å²) >= 11 is 5.93. The summed E-state index contributed by atoms with van der Waals surface area (Å²) in [5.74, 6) is -0.233. The number of nitrogens with two attached hydrogens (primary N) is 1. The number of aromatic nitrogens is 2. The molecule has 2 N–H and O–H groups in total. The van der Waals surface area contributed by atoms with E-state index in [0.717, 1.165) is 48.7 Å². The van der Waals surface area contributed by atoms with E-state index in [0.29, 0.717) is 23.7 Å². The van der Waals surface area contributed by atoms with Crippen LogP contribution in [-0.2, 0) is 4.79 Å². The number of carbonyl (C=O) groups excluding carboxylic acids is 1. The third-order valence-electron chi connectivity index (χ3n) is 7.44. The van der Waals surface area contributed by atoms with E-state index in [9.17, 15) is 9.18 Å². The first kappa shape index (κ1) is 23.1. The molecule has 178 valence electrons. The minimum atomic E-state index is -0.692. The highest BCUT2D eigenvalue weighted by Gasteiger charge is 2.38. The van der Waals surface area contributed by atoms with E-state index in [-0.39, 0.29) is 17.8 Å². The monoisotopic (exact) mass is 480 g/mol. The second-order valence-corrected chi connectivity index (χ2v) is 10.1. The summed E-state index contributed by atoms with van der Waals surface area (Å²) in [6.07, 6.45) is 9.47. The summed E-state index contributed by atoms with van der Waals surface area (Å²) in [5, 5.41) is 0.382. The molecule has 0 unspecified atom stereocenters. The molecular weight excluding hydrogens is 451 g/mol. The number of rotatable bonds is 4. The van der Waals surface area contributed by atoms with Crippen molar-refractivity contribution in [3.8, 4) is 0 Å². The highest BCUT2D eigenvalue weighted by atomic mass is 35.5. The Hall–Kier alpha value is -2.70. The van der Waals surface area contributed by atoms with Gasteiger partial charge in [-0.1, -0.05) is 49.1 Å². The van der Waals surface area contributed by atoms with Crippen molar-refractivity contribution >= 4 is 34.1 Å². The van der Waals surface area contributed by atoms with Crippen LogP contribution in [0.4, 0.5) is 4.39 Å². The fourth-order valence-corrected chi connectivity index (χ4v) is 5.51. The number of halogens is 2. The molecule has 2 aliphatic rings. The van der Waals surface area contributed by atoms with Crippen molar-refractivity contribution in [3.63, 3.8) is 0 Å². The van der Waals surface area contributed by atoms with Crippen molar-refractivity contribution in [3.05, 3.63) is 70.8 Å². The van der Waals surface area contributed by atoms with E-state index in [1.807, 2.05) is 22.5 Å². The Balaban J connectivity index is 1.38. The van der Waals surface area contributed by atoms with Crippen molar-refractivity contribution in [1.29, 1.82) is 0 Å². The largest absolute Gasteiger partial charge is 0.337 e. The average molecular weight is 481 g/mol.